The van der Waals surface area contributed by atoms with Gasteiger partial charge in [0.2, 0.25) is 5.95 Å². The summed E-state index contributed by atoms with van der Waals surface area (Å²) >= 11 is 6.09. The number of carbonyl (C=O) groups is 1. The number of hydrogen-bond donors (Lipinski definition) is 2. The van der Waals surface area contributed by atoms with Crippen molar-refractivity contribution in [2.24, 2.45) is 0 Å². The highest BCUT2D eigenvalue weighted by molar-refractivity contribution is 6.32. The largest absolute Gasteiger partial charge is 0.495 e. The fourth-order valence-corrected chi connectivity index (χ4v) is 2.13. The summed E-state index contributed by atoms with van der Waals surface area (Å²) in [5.74, 6) is 0.605. The Morgan fingerprint density at radius 3 is 2.83 bits per heavy atom. The summed E-state index contributed by atoms with van der Waals surface area (Å²) in [6.45, 7) is 5.72. The van der Waals surface area contributed by atoms with Gasteiger partial charge in [0.05, 0.1) is 12.1 Å². The minimum Gasteiger partial charge on any atom is -0.495 e. The lowest BCUT2D eigenvalue weighted by Gasteiger charge is -2.10. The van der Waals surface area contributed by atoms with E-state index in [1.807, 2.05) is 0 Å². The minimum atomic E-state index is -0.286. The maximum atomic E-state index is 12.0. The van der Waals surface area contributed by atoms with Gasteiger partial charge in [-0.15, -0.1) is 6.58 Å². The van der Waals surface area contributed by atoms with Crippen LogP contribution in [-0.2, 0) is 0 Å². The van der Waals surface area contributed by atoms with Gasteiger partial charge >= 0.3 is 0 Å². The highest BCUT2D eigenvalue weighted by Gasteiger charge is 2.10. The van der Waals surface area contributed by atoms with Crippen LogP contribution in [0.4, 0.5) is 11.6 Å². The van der Waals surface area contributed by atoms with Crippen LogP contribution in [-0.4, -0.2) is 29.5 Å². The number of halogens is 1. The Hall–Kier alpha value is -2.60. The average Bonchev–Trinajstić information content (AvgIpc) is 2.52. The Bertz CT molecular complexity index is 734. The van der Waals surface area contributed by atoms with Crippen molar-refractivity contribution in [3.8, 4) is 5.75 Å². The first kappa shape index (κ1) is 16.8. The van der Waals surface area contributed by atoms with E-state index in [0.717, 1.165) is 0 Å². The molecule has 0 spiro atoms. The number of amides is 1. The molecule has 23 heavy (non-hydrogen) atoms. The van der Waals surface area contributed by atoms with Gasteiger partial charge in [-0.25, -0.2) is 9.97 Å². The van der Waals surface area contributed by atoms with E-state index in [4.69, 9.17) is 16.3 Å². The second-order valence-corrected chi connectivity index (χ2v) is 5.10. The molecule has 2 rings (SSSR count). The van der Waals surface area contributed by atoms with Crippen molar-refractivity contribution >= 4 is 29.1 Å². The van der Waals surface area contributed by atoms with Crippen molar-refractivity contribution < 1.29 is 9.53 Å². The lowest BCUT2D eigenvalue weighted by molar-refractivity contribution is 0.0953. The van der Waals surface area contributed by atoms with Gasteiger partial charge in [0.25, 0.3) is 5.91 Å². The molecule has 1 amide bonds. The van der Waals surface area contributed by atoms with Crippen LogP contribution in [0, 0.1) is 6.92 Å². The molecule has 2 aromatic rings. The van der Waals surface area contributed by atoms with Crippen molar-refractivity contribution in [2.75, 3.05) is 19.0 Å². The van der Waals surface area contributed by atoms with Crippen molar-refractivity contribution in [1.29, 1.82) is 0 Å². The number of methoxy groups -OCH3 is 1. The molecule has 0 radical (unpaired) electrons. The van der Waals surface area contributed by atoms with Crippen LogP contribution in [0.3, 0.4) is 0 Å². The van der Waals surface area contributed by atoms with Gasteiger partial charge in [0, 0.05) is 17.9 Å². The van der Waals surface area contributed by atoms with Gasteiger partial charge in [-0.3, -0.25) is 4.79 Å². The fraction of sp³-hybridized carbons (Fsp3) is 0.188. The van der Waals surface area contributed by atoms with E-state index >= 15 is 0 Å². The zero-order valence-corrected chi connectivity index (χ0v) is 13.6. The molecule has 0 saturated carbocycles. The summed E-state index contributed by atoms with van der Waals surface area (Å²) in [6.07, 6.45) is 1.60. The first-order valence-electron chi connectivity index (χ1n) is 6.89. The standard InChI is InChI=1S/C16H17ClN4O2/c1-4-7-18-15(22)13-8-10(2)19-16(21-13)20-11-5-6-14(23-3)12(17)9-11/h4-6,8-9H,1,7H2,2-3H3,(H,18,22)(H,19,20,21). The van der Waals surface area contributed by atoms with E-state index in [0.29, 0.717) is 34.6 Å². The summed E-state index contributed by atoms with van der Waals surface area (Å²) in [4.78, 5) is 20.5. The Kier molecular flexibility index (Phi) is 5.54. The first-order chi connectivity index (χ1) is 11.0. The Labute approximate surface area is 139 Å². The van der Waals surface area contributed by atoms with Gasteiger partial charge < -0.3 is 15.4 Å². The number of nitrogens with zero attached hydrogens (tertiary/aromatic N) is 2. The first-order valence-corrected chi connectivity index (χ1v) is 7.26. The number of rotatable bonds is 6. The predicted octanol–water partition coefficient (Wildman–Crippen LogP) is 3.11. The number of anilines is 2. The zero-order chi connectivity index (χ0) is 16.8. The van der Waals surface area contributed by atoms with Gasteiger partial charge in [0.1, 0.15) is 11.4 Å². The number of benzene rings is 1. The molecule has 1 aromatic carbocycles. The SMILES string of the molecule is C=CCNC(=O)c1cc(C)nc(Nc2ccc(OC)c(Cl)c2)n1. The minimum absolute atomic E-state index is 0.279. The normalized spacial score (nSPS) is 10.0. The number of aromatic nitrogens is 2. The van der Waals surface area contributed by atoms with Gasteiger partial charge in [0.15, 0.2) is 0 Å². The van der Waals surface area contributed by atoms with Crippen LogP contribution < -0.4 is 15.4 Å². The topological polar surface area (TPSA) is 76.1 Å². The zero-order valence-electron chi connectivity index (χ0n) is 12.9. The fourth-order valence-electron chi connectivity index (χ4n) is 1.87. The summed E-state index contributed by atoms with van der Waals surface area (Å²) in [7, 11) is 1.55. The molecular formula is C16H17ClN4O2. The summed E-state index contributed by atoms with van der Waals surface area (Å²) in [5.41, 5.74) is 1.64. The number of nitrogens with one attached hydrogen (secondary N) is 2. The Morgan fingerprint density at radius 1 is 1.39 bits per heavy atom. The lowest BCUT2D eigenvalue weighted by Crippen LogP contribution is -2.24. The number of aryl methyl sites for hydroxylation is 1. The maximum absolute atomic E-state index is 12.0. The highest BCUT2D eigenvalue weighted by atomic mass is 35.5. The molecule has 0 aliphatic rings. The molecule has 1 aromatic heterocycles. The number of ether oxygens (including phenoxy) is 1. The van der Waals surface area contributed by atoms with Gasteiger partial charge in [-0.1, -0.05) is 17.7 Å². The second-order valence-electron chi connectivity index (χ2n) is 4.69. The van der Waals surface area contributed by atoms with E-state index in [1.54, 1.807) is 44.4 Å². The predicted molar refractivity (Wildman–Crippen MR) is 90.6 cm³/mol. The third kappa shape index (κ3) is 4.43. The molecule has 0 atom stereocenters. The molecule has 7 heteroatoms. The molecule has 0 fully saturated rings. The van der Waals surface area contributed by atoms with Crippen molar-refractivity contribution in [2.45, 2.75) is 6.92 Å². The second kappa shape index (κ2) is 7.60. The molecule has 0 aliphatic heterocycles. The van der Waals surface area contributed by atoms with E-state index < -0.39 is 0 Å². The van der Waals surface area contributed by atoms with Crippen LogP contribution in [0.5, 0.6) is 5.75 Å². The lowest BCUT2D eigenvalue weighted by atomic mass is 10.3. The van der Waals surface area contributed by atoms with E-state index in [-0.39, 0.29) is 11.6 Å². The smallest absolute Gasteiger partial charge is 0.270 e. The van der Waals surface area contributed by atoms with Crippen LogP contribution in [0.25, 0.3) is 0 Å². The van der Waals surface area contributed by atoms with Crippen molar-refractivity contribution in [1.82, 2.24) is 15.3 Å². The van der Waals surface area contributed by atoms with Crippen molar-refractivity contribution in [3.05, 3.63) is 53.3 Å². The Morgan fingerprint density at radius 2 is 2.17 bits per heavy atom. The highest BCUT2D eigenvalue weighted by Crippen LogP contribution is 2.28. The molecule has 0 aliphatic carbocycles. The number of carbonyl (C=O) groups excluding carboxylic acids is 1. The molecule has 0 bridgehead atoms. The van der Waals surface area contributed by atoms with Gasteiger partial charge in [-0.2, -0.15) is 0 Å². The van der Waals surface area contributed by atoms with Crippen LogP contribution in [0.1, 0.15) is 16.2 Å². The summed E-state index contributed by atoms with van der Waals surface area (Å²) in [6, 6.07) is 6.83. The summed E-state index contributed by atoms with van der Waals surface area (Å²) in [5, 5.41) is 6.17. The molecule has 0 unspecified atom stereocenters. The third-order valence-electron chi connectivity index (χ3n) is 2.90. The van der Waals surface area contributed by atoms with E-state index in [1.165, 1.54) is 0 Å². The van der Waals surface area contributed by atoms with Crippen molar-refractivity contribution in [3.63, 3.8) is 0 Å². The molecule has 6 nitrogen and oxygen atoms in total. The van der Waals surface area contributed by atoms with Crippen LogP contribution >= 0.6 is 11.6 Å². The van der Waals surface area contributed by atoms with E-state index in [9.17, 15) is 4.79 Å². The number of hydrogen-bond acceptors (Lipinski definition) is 5. The third-order valence-corrected chi connectivity index (χ3v) is 3.20. The molecule has 0 saturated heterocycles. The molecular weight excluding hydrogens is 316 g/mol. The quantitative estimate of drug-likeness (QED) is 0.795. The maximum Gasteiger partial charge on any atom is 0.270 e. The monoisotopic (exact) mass is 332 g/mol. The van der Waals surface area contributed by atoms with E-state index in [2.05, 4.69) is 27.2 Å². The average molecular weight is 333 g/mol. The summed E-state index contributed by atoms with van der Waals surface area (Å²) < 4.78 is 5.11. The molecule has 1 heterocycles. The molecule has 2 N–H and O–H groups in total. The molecule has 120 valence electrons. The van der Waals surface area contributed by atoms with Crippen LogP contribution in [0.15, 0.2) is 36.9 Å². The van der Waals surface area contributed by atoms with Gasteiger partial charge in [-0.05, 0) is 31.2 Å². The van der Waals surface area contributed by atoms with Crippen LogP contribution in [0.2, 0.25) is 5.02 Å². The Balaban J connectivity index is 2.23.